The summed E-state index contributed by atoms with van der Waals surface area (Å²) >= 11 is 0. The minimum atomic E-state index is -0.491. The first-order valence-electron chi connectivity index (χ1n) is 4.42. The van der Waals surface area contributed by atoms with Gasteiger partial charge < -0.3 is 17.0 Å². The van der Waals surface area contributed by atoms with Crippen molar-refractivity contribution in [3.8, 4) is 0 Å². The Labute approximate surface area is 82.3 Å². The second-order valence-electron chi connectivity index (χ2n) is 4.41. The molecule has 2 heteroatoms. The lowest BCUT2D eigenvalue weighted by Crippen LogP contribution is -3.00. The molecule has 0 spiro atoms. The summed E-state index contributed by atoms with van der Waals surface area (Å²) in [4.78, 5) is 0. The van der Waals surface area contributed by atoms with E-state index in [2.05, 4.69) is 20.0 Å². The zero-order valence-electron chi connectivity index (χ0n) is 7.94. The Kier molecular flexibility index (Phi) is 5.22. The fraction of sp³-hybridized carbons (Fsp3) is 1.00. The van der Waals surface area contributed by atoms with Gasteiger partial charge in [-0.15, -0.1) is 0 Å². The molecule has 0 bridgehead atoms. The van der Waals surface area contributed by atoms with E-state index in [-0.39, 0.29) is 17.0 Å². The van der Waals surface area contributed by atoms with E-state index in [9.17, 15) is 0 Å². The first-order valence-corrected chi connectivity index (χ1v) is 7.62. The molecule has 0 radical (unpaired) electrons. The first kappa shape index (κ1) is 11.9. The van der Waals surface area contributed by atoms with Gasteiger partial charge in [-0.1, -0.05) is 6.42 Å². The van der Waals surface area contributed by atoms with Gasteiger partial charge in [-0.05, 0) is 25.7 Å². The predicted octanol–water partition coefficient (Wildman–Crippen LogP) is 0.230. The molecule has 0 amide bonds. The summed E-state index contributed by atoms with van der Waals surface area (Å²) < 4.78 is 0. The van der Waals surface area contributed by atoms with Crippen LogP contribution in [-0.4, -0.2) is 25.7 Å². The van der Waals surface area contributed by atoms with Gasteiger partial charge in [-0.2, -0.15) is 0 Å². The summed E-state index contributed by atoms with van der Waals surface area (Å²) in [5.41, 5.74) is 1.11. The van der Waals surface area contributed by atoms with Gasteiger partial charge in [-0.3, -0.25) is 0 Å². The Hall–Kier alpha value is 0.910. The van der Waals surface area contributed by atoms with Crippen molar-refractivity contribution in [3.05, 3.63) is 0 Å². The third-order valence-corrected chi connectivity index (χ3v) is 5.38. The molecule has 0 N–H and O–H groups in total. The van der Waals surface area contributed by atoms with E-state index in [4.69, 9.17) is 0 Å². The Bertz CT molecular complexity index is 101. The van der Waals surface area contributed by atoms with Crippen LogP contribution in [0.15, 0.2) is 0 Å². The van der Waals surface area contributed by atoms with E-state index in [1.807, 2.05) is 0 Å². The lowest BCUT2D eigenvalue weighted by molar-refractivity contribution is -0.00000242. The average molecular weight is 239 g/mol. The van der Waals surface area contributed by atoms with Crippen LogP contribution < -0.4 is 17.0 Å². The van der Waals surface area contributed by atoms with Crippen LogP contribution in [0.2, 0.25) is 0 Å². The molecule has 1 aliphatic carbocycles. The Morgan fingerprint density at radius 1 is 0.909 bits per heavy atom. The highest BCUT2D eigenvalue weighted by molar-refractivity contribution is 7.74. The molecule has 0 aromatic carbocycles. The quantitative estimate of drug-likeness (QED) is 0.575. The zero-order valence-corrected chi connectivity index (χ0v) is 10.4. The summed E-state index contributed by atoms with van der Waals surface area (Å²) in [5, 5.41) is 0. The van der Waals surface area contributed by atoms with Gasteiger partial charge in [0.1, 0.15) is 0 Å². The van der Waals surface area contributed by atoms with Crippen LogP contribution in [0.25, 0.3) is 0 Å². The van der Waals surface area contributed by atoms with E-state index in [1.54, 1.807) is 0 Å². The molecule has 0 atom stereocenters. The van der Waals surface area contributed by atoms with Gasteiger partial charge in [0.2, 0.25) is 0 Å². The zero-order chi connectivity index (χ0) is 7.61. The second kappa shape index (κ2) is 4.82. The maximum Gasteiger partial charge on any atom is 0.0689 e. The van der Waals surface area contributed by atoms with E-state index >= 15 is 0 Å². The van der Waals surface area contributed by atoms with Crippen LogP contribution in [0.3, 0.4) is 0 Å². The maximum atomic E-state index is 2.49. The summed E-state index contributed by atoms with van der Waals surface area (Å²) in [6.07, 6.45) is 7.55. The number of rotatable bonds is 1. The Morgan fingerprint density at radius 2 is 1.36 bits per heavy atom. The van der Waals surface area contributed by atoms with Crippen LogP contribution in [0, 0.1) is 0 Å². The number of hydrogen-bond acceptors (Lipinski definition) is 0. The van der Waals surface area contributed by atoms with E-state index in [1.165, 1.54) is 32.1 Å². The summed E-state index contributed by atoms with van der Waals surface area (Å²) in [7, 11) is -0.491. The molecule has 0 aromatic rings. The van der Waals surface area contributed by atoms with Gasteiger partial charge in [-0.25, -0.2) is 0 Å². The molecular weight excluding hydrogens is 219 g/mol. The van der Waals surface area contributed by atoms with Crippen molar-refractivity contribution in [2.45, 2.75) is 37.8 Å². The fourth-order valence-electron chi connectivity index (χ4n) is 1.86. The van der Waals surface area contributed by atoms with Crippen molar-refractivity contribution in [2.24, 2.45) is 0 Å². The van der Waals surface area contributed by atoms with Crippen molar-refractivity contribution >= 4 is 7.26 Å². The molecule has 1 rings (SSSR count). The number of halogens is 1. The highest BCUT2D eigenvalue weighted by Crippen LogP contribution is 2.56. The minimum Gasteiger partial charge on any atom is -1.00 e. The summed E-state index contributed by atoms with van der Waals surface area (Å²) in [6.45, 7) is 7.47. The van der Waals surface area contributed by atoms with Crippen molar-refractivity contribution in [2.75, 3.05) is 20.0 Å². The third-order valence-electron chi connectivity index (χ3n) is 2.67. The van der Waals surface area contributed by atoms with Gasteiger partial charge in [0, 0.05) is 27.3 Å². The largest absolute Gasteiger partial charge is 1.00 e. The van der Waals surface area contributed by atoms with Crippen LogP contribution in [0.5, 0.6) is 0 Å². The van der Waals surface area contributed by atoms with Gasteiger partial charge >= 0.3 is 0 Å². The Balaban J connectivity index is 0.000001000. The highest BCUT2D eigenvalue weighted by atomic mass is 79.9. The lowest BCUT2D eigenvalue weighted by Gasteiger charge is -2.27. The van der Waals surface area contributed by atoms with E-state index in [0.29, 0.717) is 0 Å². The normalized spacial score (nSPS) is 21.0. The molecule has 68 valence electrons. The highest BCUT2D eigenvalue weighted by Gasteiger charge is 2.31. The van der Waals surface area contributed by atoms with E-state index in [0.717, 1.165) is 5.66 Å². The lowest BCUT2D eigenvalue weighted by atomic mass is 10.0. The first-order chi connectivity index (χ1) is 4.61. The monoisotopic (exact) mass is 238 g/mol. The van der Waals surface area contributed by atoms with Gasteiger partial charge in [0.15, 0.2) is 0 Å². The molecular formula is C9H20BrP. The molecule has 1 aliphatic rings. The Morgan fingerprint density at radius 3 is 1.64 bits per heavy atom. The molecule has 0 nitrogen and oxygen atoms in total. The number of hydrogen-bond donors (Lipinski definition) is 0. The smallest absolute Gasteiger partial charge is 0.0689 e. The molecule has 1 saturated carbocycles. The van der Waals surface area contributed by atoms with Crippen LogP contribution in [0.1, 0.15) is 32.1 Å². The van der Waals surface area contributed by atoms with Crippen molar-refractivity contribution in [1.82, 2.24) is 0 Å². The van der Waals surface area contributed by atoms with Gasteiger partial charge in [0.25, 0.3) is 0 Å². The molecule has 1 fully saturated rings. The average Bonchev–Trinajstić information content (AvgIpc) is 1.88. The maximum absolute atomic E-state index is 2.49. The summed E-state index contributed by atoms with van der Waals surface area (Å²) in [6, 6.07) is 0. The predicted molar refractivity (Wildman–Crippen MR) is 51.6 cm³/mol. The molecule has 0 aliphatic heterocycles. The summed E-state index contributed by atoms with van der Waals surface area (Å²) in [5.74, 6) is 0. The molecule has 0 saturated heterocycles. The van der Waals surface area contributed by atoms with Crippen molar-refractivity contribution in [1.29, 1.82) is 0 Å². The van der Waals surface area contributed by atoms with Crippen molar-refractivity contribution < 1.29 is 17.0 Å². The van der Waals surface area contributed by atoms with Crippen molar-refractivity contribution in [3.63, 3.8) is 0 Å². The standard InChI is InChI=1S/C9H20P.BrH/c1-10(2,3)9-7-5-4-6-8-9;/h9H,4-8H2,1-3H3;1H/q+1;/p-1. The molecule has 11 heavy (non-hydrogen) atoms. The SMILES string of the molecule is C[P+](C)(C)C1CCCCC1.[Br-]. The van der Waals surface area contributed by atoms with E-state index < -0.39 is 7.26 Å². The minimum absolute atomic E-state index is 0. The van der Waals surface area contributed by atoms with Crippen LogP contribution in [-0.2, 0) is 0 Å². The van der Waals surface area contributed by atoms with Gasteiger partial charge in [0.05, 0.1) is 5.66 Å². The molecule has 0 aromatic heterocycles. The third kappa shape index (κ3) is 3.90. The topological polar surface area (TPSA) is 0 Å². The fourth-order valence-corrected chi connectivity index (χ4v) is 3.77. The molecule has 0 heterocycles. The second-order valence-corrected chi connectivity index (χ2v) is 9.37. The van der Waals surface area contributed by atoms with Crippen LogP contribution >= 0.6 is 7.26 Å². The van der Waals surface area contributed by atoms with Crippen LogP contribution in [0.4, 0.5) is 0 Å². The molecule has 0 unspecified atom stereocenters.